The average molecular weight is 262 g/mol. The Balaban J connectivity index is 1.73. The van der Waals surface area contributed by atoms with Crippen LogP contribution in [0.25, 0.3) is 0 Å². The van der Waals surface area contributed by atoms with E-state index in [0.717, 1.165) is 18.2 Å². The molecule has 1 atom stereocenters. The zero-order valence-corrected chi connectivity index (χ0v) is 12.5. The molecule has 1 fully saturated rings. The van der Waals surface area contributed by atoms with Crippen LogP contribution in [-0.2, 0) is 0 Å². The first-order valence-electron chi connectivity index (χ1n) is 7.14. The van der Waals surface area contributed by atoms with E-state index in [1.807, 2.05) is 0 Å². The molecule has 2 rings (SSSR count). The van der Waals surface area contributed by atoms with Crippen LogP contribution in [0.5, 0.6) is 5.75 Å². The standard InChI is InChI=1S/C16H26N2O/c1-12(18(2)3)11-17-15-9-14(10-15)13-5-7-16(19-4)8-6-13/h5-8,12,14-15,17H,9-11H2,1-4H3. The minimum absolute atomic E-state index is 0.597. The van der Waals surface area contributed by atoms with Gasteiger partial charge in [-0.05, 0) is 57.5 Å². The predicted molar refractivity (Wildman–Crippen MR) is 79.9 cm³/mol. The van der Waals surface area contributed by atoms with E-state index in [-0.39, 0.29) is 0 Å². The van der Waals surface area contributed by atoms with Crippen molar-refractivity contribution < 1.29 is 4.74 Å². The molecule has 1 aliphatic rings. The lowest BCUT2D eigenvalue weighted by Crippen LogP contribution is -2.45. The van der Waals surface area contributed by atoms with Crippen LogP contribution in [0.15, 0.2) is 24.3 Å². The third-order valence-electron chi connectivity index (χ3n) is 4.31. The molecule has 0 bridgehead atoms. The maximum atomic E-state index is 5.19. The van der Waals surface area contributed by atoms with E-state index < -0.39 is 0 Å². The van der Waals surface area contributed by atoms with Gasteiger partial charge in [0.25, 0.3) is 0 Å². The Morgan fingerprint density at radius 2 is 1.89 bits per heavy atom. The number of hydrogen-bond donors (Lipinski definition) is 1. The second-order valence-electron chi connectivity index (χ2n) is 5.86. The van der Waals surface area contributed by atoms with Crippen LogP contribution in [0.4, 0.5) is 0 Å². The van der Waals surface area contributed by atoms with Gasteiger partial charge in [-0.25, -0.2) is 0 Å². The summed E-state index contributed by atoms with van der Waals surface area (Å²) < 4.78 is 5.19. The van der Waals surface area contributed by atoms with E-state index in [4.69, 9.17) is 4.74 Å². The van der Waals surface area contributed by atoms with Crippen LogP contribution in [0, 0.1) is 0 Å². The van der Waals surface area contributed by atoms with Crippen molar-refractivity contribution >= 4 is 0 Å². The van der Waals surface area contributed by atoms with Gasteiger partial charge in [-0.15, -0.1) is 0 Å². The molecule has 0 saturated heterocycles. The van der Waals surface area contributed by atoms with Gasteiger partial charge in [-0.3, -0.25) is 0 Å². The topological polar surface area (TPSA) is 24.5 Å². The number of methoxy groups -OCH3 is 1. The van der Waals surface area contributed by atoms with Crippen molar-refractivity contribution in [1.82, 2.24) is 10.2 Å². The summed E-state index contributed by atoms with van der Waals surface area (Å²) in [5, 5.41) is 3.66. The van der Waals surface area contributed by atoms with Gasteiger partial charge >= 0.3 is 0 Å². The molecule has 0 aliphatic heterocycles. The predicted octanol–water partition coefficient (Wildman–Crippen LogP) is 2.48. The summed E-state index contributed by atoms with van der Waals surface area (Å²) in [7, 11) is 5.98. The third-order valence-corrected chi connectivity index (χ3v) is 4.31. The van der Waals surface area contributed by atoms with Crippen LogP contribution in [0.3, 0.4) is 0 Å². The van der Waals surface area contributed by atoms with E-state index in [1.54, 1.807) is 7.11 Å². The Labute approximate surface area is 116 Å². The van der Waals surface area contributed by atoms with Crippen LogP contribution in [-0.4, -0.2) is 44.7 Å². The van der Waals surface area contributed by atoms with Crippen molar-refractivity contribution in [2.24, 2.45) is 0 Å². The van der Waals surface area contributed by atoms with Crippen molar-refractivity contribution in [2.45, 2.75) is 37.8 Å². The van der Waals surface area contributed by atoms with E-state index in [2.05, 4.69) is 55.5 Å². The van der Waals surface area contributed by atoms with Gasteiger partial charge in [0.15, 0.2) is 0 Å². The third kappa shape index (κ3) is 3.71. The quantitative estimate of drug-likeness (QED) is 0.852. The van der Waals surface area contributed by atoms with Crippen LogP contribution < -0.4 is 10.1 Å². The molecule has 1 saturated carbocycles. The average Bonchev–Trinajstić information content (AvgIpc) is 2.37. The highest BCUT2D eigenvalue weighted by atomic mass is 16.5. The lowest BCUT2D eigenvalue weighted by atomic mass is 9.76. The Morgan fingerprint density at radius 3 is 2.42 bits per heavy atom. The molecule has 1 aliphatic carbocycles. The minimum Gasteiger partial charge on any atom is -0.497 e. The zero-order valence-electron chi connectivity index (χ0n) is 12.5. The minimum atomic E-state index is 0.597. The van der Waals surface area contributed by atoms with Crippen molar-refractivity contribution in [1.29, 1.82) is 0 Å². The highest BCUT2D eigenvalue weighted by Crippen LogP contribution is 2.37. The van der Waals surface area contributed by atoms with Gasteiger partial charge in [-0.2, -0.15) is 0 Å². The highest BCUT2D eigenvalue weighted by Gasteiger charge is 2.30. The van der Waals surface area contributed by atoms with Gasteiger partial charge in [0, 0.05) is 18.6 Å². The summed E-state index contributed by atoms with van der Waals surface area (Å²) in [5.74, 6) is 1.66. The first-order valence-corrected chi connectivity index (χ1v) is 7.14. The lowest BCUT2D eigenvalue weighted by molar-refractivity contribution is 0.245. The lowest BCUT2D eigenvalue weighted by Gasteiger charge is -2.37. The molecule has 3 heteroatoms. The van der Waals surface area contributed by atoms with E-state index in [0.29, 0.717) is 12.1 Å². The number of likely N-dealkylation sites (N-methyl/N-ethyl adjacent to an activating group) is 1. The van der Waals surface area contributed by atoms with Crippen molar-refractivity contribution in [3.63, 3.8) is 0 Å². The number of nitrogens with zero attached hydrogens (tertiary/aromatic N) is 1. The van der Waals surface area contributed by atoms with E-state index >= 15 is 0 Å². The maximum absolute atomic E-state index is 5.19. The molecular weight excluding hydrogens is 236 g/mol. The Morgan fingerprint density at radius 1 is 1.26 bits per heavy atom. The molecule has 19 heavy (non-hydrogen) atoms. The Hall–Kier alpha value is -1.06. The number of hydrogen-bond acceptors (Lipinski definition) is 3. The second-order valence-corrected chi connectivity index (χ2v) is 5.86. The number of nitrogens with one attached hydrogen (secondary N) is 1. The normalized spacial score (nSPS) is 24.1. The summed E-state index contributed by atoms with van der Waals surface area (Å²) in [6.45, 7) is 3.33. The Kier molecular flexibility index (Phi) is 4.83. The molecule has 3 nitrogen and oxygen atoms in total. The monoisotopic (exact) mass is 262 g/mol. The van der Waals surface area contributed by atoms with Gasteiger partial charge in [0.1, 0.15) is 5.75 Å². The SMILES string of the molecule is COc1ccc(C2CC(NCC(C)N(C)C)C2)cc1. The fourth-order valence-electron chi connectivity index (χ4n) is 2.45. The second kappa shape index (κ2) is 6.40. The smallest absolute Gasteiger partial charge is 0.118 e. The molecule has 1 N–H and O–H groups in total. The number of ether oxygens (including phenoxy) is 1. The summed E-state index contributed by atoms with van der Waals surface area (Å²) in [5.41, 5.74) is 1.44. The fraction of sp³-hybridized carbons (Fsp3) is 0.625. The molecule has 1 aromatic carbocycles. The van der Waals surface area contributed by atoms with Gasteiger partial charge in [0.05, 0.1) is 7.11 Å². The molecule has 0 heterocycles. The highest BCUT2D eigenvalue weighted by molar-refractivity contribution is 5.30. The summed E-state index contributed by atoms with van der Waals surface area (Å²) >= 11 is 0. The molecule has 0 spiro atoms. The van der Waals surface area contributed by atoms with Gasteiger partial charge in [0.2, 0.25) is 0 Å². The zero-order chi connectivity index (χ0) is 13.8. The largest absolute Gasteiger partial charge is 0.497 e. The van der Waals surface area contributed by atoms with Crippen molar-refractivity contribution in [3.05, 3.63) is 29.8 Å². The van der Waals surface area contributed by atoms with Crippen molar-refractivity contribution in [2.75, 3.05) is 27.7 Å². The summed E-state index contributed by atoms with van der Waals surface area (Å²) in [4.78, 5) is 2.26. The number of benzene rings is 1. The fourth-order valence-corrected chi connectivity index (χ4v) is 2.45. The van der Waals surface area contributed by atoms with Gasteiger partial charge in [-0.1, -0.05) is 12.1 Å². The van der Waals surface area contributed by atoms with E-state index in [9.17, 15) is 0 Å². The van der Waals surface area contributed by atoms with Crippen LogP contribution in [0.2, 0.25) is 0 Å². The molecule has 0 amide bonds. The van der Waals surface area contributed by atoms with Gasteiger partial charge < -0.3 is 15.0 Å². The first-order chi connectivity index (χ1) is 9.10. The molecule has 1 unspecified atom stereocenters. The summed E-state index contributed by atoms with van der Waals surface area (Å²) in [6, 6.07) is 9.80. The molecule has 106 valence electrons. The maximum Gasteiger partial charge on any atom is 0.118 e. The molecular formula is C16H26N2O. The van der Waals surface area contributed by atoms with Crippen LogP contribution >= 0.6 is 0 Å². The van der Waals surface area contributed by atoms with E-state index in [1.165, 1.54) is 18.4 Å². The summed E-state index contributed by atoms with van der Waals surface area (Å²) in [6.07, 6.45) is 2.51. The number of rotatable bonds is 6. The van der Waals surface area contributed by atoms with Crippen LogP contribution in [0.1, 0.15) is 31.2 Å². The molecule has 0 radical (unpaired) electrons. The molecule has 0 aromatic heterocycles. The molecule has 1 aromatic rings. The Bertz CT molecular complexity index is 382. The first kappa shape index (κ1) is 14.4. The van der Waals surface area contributed by atoms with Crippen molar-refractivity contribution in [3.8, 4) is 5.75 Å².